The van der Waals surface area contributed by atoms with Gasteiger partial charge < -0.3 is 4.90 Å². The average molecular weight is 183 g/mol. The summed E-state index contributed by atoms with van der Waals surface area (Å²) in [5, 5.41) is 0. The molecule has 0 aromatic rings. The molecule has 0 radical (unpaired) electrons. The Labute approximate surface area is 83.5 Å². The summed E-state index contributed by atoms with van der Waals surface area (Å²) in [5.74, 6) is 2.82. The van der Waals surface area contributed by atoms with Crippen LogP contribution in [0.25, 0.3) is 0 Å². The Morgan fingerprint density at radius 2 is 1.92 bits per heavy atom. The van der Waals surface area contributed by atoms with Gasteiger partial charge in [0.25, 0.3) is 0 Å². The minimum atomic E-state index is 0.918. The first-order valence-corrected chi connectivity index (χ1v) is 5.83. The molecule has 1 fully saturated rings. The van der Waals surface area contributed by atoms with Gasteiger partial charge in [0.15, 0.2) is 0 Å². The summed E-state index contributed by atoms with van der Waals surface area (Å²) < 4.78 is 0. The van der Waals surface area contributed by atoms with E-state index in [-0.39, 0.29) is 0 Å². The van der Waals surface area contributed by atoms with Crippen LogP contribution < -0.4 is 0 Å². The Bertz CT molecular complexity index is 144. The predicted molar refractivity (Wildman–Crippen MR) is 58.8 cm³/mol. The lowest BCUT2D eigenvalue weighted by atomic mass is 9.79. The van der Waals surface area contributed by atoms with E-state index < -0.39 is 0 Å². The molecule has 78 valence electrons. The molecule has 0 aromatic heterocycles. The van der Waals surface area contributed by atoms with E-state index in [2.05, 4.69) is 32.7 Å². The fourth-order valence-corrected chi connectivity index (χ4v) is 2.55. The minimum Gasteiger partial charge on any atom is -0.306 e. The van der Waals surface area contributed by atoms with Crippen molar-refractivity contribution in [3.8, 4) is 0 Å². The Morgan fingerprint density at radius 3 is 2.54 bits per heavy atom. The molecule has 0 saturated carbocycles. The van der Waals surface area contributed by atoms with Gasteiger partial charge in [-0.15, -0.1) is 0 Å². The van der Waals surface area contributed by atoms with Gasteiger partial charge in [0.2, 0.25) is 0 Å². The van der Waals surface area contributed by atoms with Gasteiger partial charge in [-0.25, -0.2) is 0 Å². The maximum absolute atomic E-state index is 2.48. The van der Waals surface area contributed by atoms with Gasteiger partial charge in [-0.1, -0.05) is 27.2 Å². The molecule has 0 aromatic carbocycles. The molecule has 1 aliphatic heterocycles. The highest BCUT2D eigenvalue weighted by Gasteiger charge is 2.25. The first-order chi connectivity index (χ1) is 6.15. The molecule has 3 unspecified atom stereocenters. The zero-order valence-electron chi connectivity index (χ0n) is 9.71. The van der Waals surface area contributed by atoms with E-state index in [1.165, 1.54) is 32.4 Å². The molecule has 13 heavy (non-hydrogen) atoms. The smallest absolute Gasteiger partial charge is 0.00189 e. The van der Waals surface area contributed by atoms with Crippen molar-refractivity contribution in [2.24, 2.45) is 17.8 Å². The van der Waals surface area contributed by atoms with Gasteiger partial charge >= 0.3 is 0 Å². The first-order valence-electron chi connectivity index (χ1n) is 5.83. The Balaban J connectivity index is 2.51. The highest BCUT2D eigenvalue weighted by atomic mass is 15.1. The number of nitrogens with zero attached hydrogens (tertiary/aromatic N) is 1. The molecule has 1 heterocycles. The van der Waals surface area contributed by atoms with E-state index in [1.54, 1.807) is 0 Å². The summed E-state index contributed by atoms with van der Waals surface area (Å²) in [6.45, 7) is 9.79. The molecule has 0 amide bonds. The van der Waals surface area contributed by atoms with E-state index in [4.69, 9.17) is 0 Å². The Kier molecular flexibility index (Phi) is 4.24. The van der Waals surface area contributed by atoms with E-state index in [0.717, 1.165) is 17.8 Å². The van der Waals surface area contributed by atoms with Gasteiger partial charge in [-0.2, -0.15) is 0 Å². The summed E-state index contributed by atoms with van der Waals surface area (Å²) in [4.78, 5) is 2.48. The summed E-state index contributed by atoms with van der Waals surface area (Å²) in [5.41, 5.74) is 0. The normalized spacial score (nSPS) is 34.2. The van der Waals surface area contributed by atoms with Crippen LogP contribution in [0.2, 0.25) is 0 Å². The standard InChI is InChI=1S/C12H25N/c1-5-10(2)12-7-9-13(4)8-6-11(12)3/h10-12H,5-9H2,1-4H3. The maximum atomic E-state index is 2.48. The molecule has 1 rings (SSSR count). The molecule has 1 heteroatoms. The van der Waals surface area contributed by atoms with Crippen molar-refractivity contribution in [1.82, 2.24) is 4.90 Å². The fourth-order valence-electron chi connectivity index (χ4n) is 2.55. The van der Waals surface area contributed by atoms with E-state index in [0.29, 0.717) is 0 Å². The molecular weight excluding hydrogens is 158 g/mol. The third kappa shape index (κ3) is 2.98. The lowest BCUT2D eigenvalue weighted by Gasteiger charge is -2.26. The fraction of sp³-hybridized carbons (Fsp3) is 1.00. The summed E-state index contributed by atoms with van der Waals surface area (Å²) in [6.07, 6.45) is 4.15. The zero-order valence-corrected chi connectivity index (χ0v) is 9.71. The third-order valence-corrected chi connectivity index (χ3v) is 3.92. The Hall–Kier alpha value is -0.0400. The van der Waals surface area contributed by atoms with Crippen molar-refractivity contribution in [1.29, 1.82) is 0 Å². The summed E-state index contributed by atoms with van der Waals surface area (Å²) in [7, 11) is 2.26. The van der Waals surface area contributed by atoms with Crippen LogP contribution in [0.5, 0.6) is 0 Å². The molecule has 1 aliphatic rings. The summed E-state index contributed by atoms with van der Waals surface area (Å²) in [6, 6.07) is 0. The summed E-state index contributed by atoms with van der Waals surface area (Å²) >= 11 is 0. The lowest BCUT2D eigenvalue weighted by Crippen LogP contribution is -2.20. The second-order valence-electron chi connectivity index (χ2n) is 4.91. The second-order valence-corrected chi connectivity index (χ2v) is 4.91. The molecule has 0 bridgehead atoms. The second kappa shape index (κ2) is 4.99. The quantitative estimate of drug-likeness (QED) is 0.636. The van der Waals surface area contributed by atoms with Crippen LogP contribution >= 0.6 is 0 Å². The van der Waals surface area contributed by atoms with Gasteiger partial charge in [0.05, 0.1) is 0 Å². The van der Waals surface area contributed by atoms with Gasteiger partial charge in [-0.05, 0) is 50.7 Å². The van der Waals surface area contributed by atoms with Crippen LogP contribution in [0.4, 0.5) is 0 Å². The van der Waals surface area contributed by atoms with Crippen molar-refractivity contribution < 1.29 is 0 Å². The molecule has 1 saturated heterocycles. The van der Waals surface area contributed by atoms with Gasteiger partial charge in [0.1, 0.15) is 0 Å². The predicted octanol–water partition coefficient (Wildman–Crippen LogP) is 3.01. The van der Waals surface area contributed by atoms with E-state index in [9.17, 15) is 0 Å². The number of likely N-dealkylation sites (tertiary alicyclic amines) is 1. The molecule has 1 nitrogen and oxygen atoms in total. The number of hydrogen-bond donors (Lipinski definition) is 0. The van der Waals surface area contributed by atoms with Crippen LogP contribution in [-0.4, -0.2) is 25.0 Å². The van der Waals surface area contributed by atoms with Crippen LogP contribution in [0, 0.1) is 17.8 Å². The SMILES string of the molecule is CCC(C)C1CCN(C)CCC1C. The molecule has 0 aliphatic carbocycles. The molecular formula is C12H25N. The lowest BCUT2D eigenvalue weighted by molar-refractivity contribution is 0.240. The zero-order chi connectivity index (χ0) is 9.84. The molecule has 0 N–H and O–H groups in total. The minimum absolute atomic E-state index is 0.918. The van der Waals surface area contributed by atoms with Crippen molar-refractivity contribution in [2.45, 2.75) is 40.0 Å². The average Bonchev–Trinajstić information content (AvgIpc) is 2.28. The van der Waals surface area contributed by atoms with Crippen molar-refractivity contribution in [2.75, 3.05) is 20.1 Å². The van der Waals surface area contributed by atoms with Crippen molar-refractivity contribution >= 4 is 0 Å². The van der Waals surface area contributed by atoms with Crippen LogP contribution in [0.3, 0.4) is 0 Å². The van der Waals surface area contributed by atoms with Gasteiger partial charge in [0, 0.05) is 0 Å². The van der Waals surface area contributed by atoms with E-state index in [1.807, 2.05) is 0 Å². The molecule has 3 atom stereocenters. The van der Waals surface area contributed by atoms with Crippen LogP contribution in [0.15, 0.2) is 0 Å². The molecule has 0 spiro atoms. The van der Waals surface area contributed by atoms with E-state index >= 15 is 0 Å². The largest absolute Gasteiger partial charge is 0.306 e. The van der Waals surface area contributed by atoms with Crippen molar-refractivity contribution in [3.63, 3.8) is 0 Å². The van der Waals surface area contributed by atoms with Crippen LogP contribution in [-0.2, 0) is 0 Å². The first kappa shape index (κ1) is 11.0. The van der Waals surface area contributed by atoms with Crippen LogP contribution in [0.1, 0.15) is 40.0 Å². The Morgan fingerprint density at radius 1 is 1.31 bits per heavy atom. The van der Waals surface area contributed by atoms with Gasteiger partial charge in [-0.3, -0.25) is 0 Å². The maximum Gasteiger partial charge on any atom is -0.00189 e. The topological polar surface area (TPSA) is 3.24 Å². The number of hydrogen-bond acceptors (Lipinski definition) is 1. The van der Waals surface area contributed by atoms with Crippen molar-refractivity contribution in [3.05, 3.63) is 0 Å². The highest BCUT2D eigenvalue weighted by molar-refractivity contribution is 4.76. The highest BCUT2D eigenvalue weighted by Crippen LogP contribution is 2.31. The number of rotatable bonds is 2. The third-order valence-electron chi connectivity index (χ3n) is 3.92. The monoisotopic (exact) mass is 183 g/mol.